The van der Waals surface area contributed by atoms with Crippen LogP contribution in [-0.4, -0.2) is 31.0 Å². The van der Waals surface area contributed by atoms with Crippen LogP contribution in [0.3, 0.4) is 0 Å². The lowest BCUT2D eigenvalue weighted by molar-refractivity contribution is 0.0357. The number of nitrogens with one attached hydrogen (secondary N) is 1. The molecule has 0 aliphatic rings. The summed E-state index contributed by atoms with van der Waals surface area (Å²) in [5.74, 6) is -0.363. The molecule has 0 saturated heterocycles. The number of methoxy groups -OCH3 is 1. The minimum absolute atomic E-state index is 0.282. The quantitative estimate of drug-likeness (QED) is 0.663. The molecule has 0 bridgehead atoms. The molecule has 0 heterocycles. The van der Waals surface area contributed by atoms with Gasteiger partial charge in [0.05, 0.1) is 17.0 Å². The molecule has 1 atom stereocenters. The van der Waals surface area contributed by atoms with Gasteiger partial charge in [0.15, 0.2) is 0 Å². The third-order valence-electron chi connectivity index (χ3n) is 2.52. The standard InChI is InChI=1S/C12H19FN2O2/c1-12(16,5-6-17-2)8-15-11-7-9(13)3-4-10(11)14/h3-4,7,15-16H,5-6,8,14H2,1-2H3. The van der Waals surface area contributed by atoms with Crippen LogP contribution in [0.5, 0.6) is 0 Å². The van der Waals surface area contributed by atoms with E-state index in [-0.39, 0.29) is 12.4 Å². The number of nitrogen functional groups attached to an aromatic ring is 1. The Morgan fingerprint density at radius 2 is 2.24 bits per heavy atom. The first-order valence-corrected chi connectivity index (χ1v) is 5.45. The molecule has 1 rings (SSSR count). The summed E-state index contributed by atoms with van der Waals surface area (Å²) in [6.45, 7) is 2.44. The Bertz CT molecular complexity index is 370. The van der Waals surface area contributed by atoms with Crippen LogP contribution in [0.1, 0.15) is 13.3 Å². The summed E-state index contributed by atoms with van der Waals surface area (Å²) in [7, 11) is 1.58. The number of halogens is 1. The first-order chi connectivity index (χ1) is 7.94. The minimum atomic E-state index is -0.922. The molecule has 1 aromatic rings. The van der Waals surface area contributed by atoms with Gasteiger partial charge >= 0.3 is 0 Å². The number of hydrogen-bond donors (Lipinski definition) is 3. The number of benzene rings is 1. The van der Waals surface area contributed by atoms with Crippen molar-refractivity contribution in [1.29, 1.82) is 0 Å². The molecule has 1 unspecified atom stereocenters. The van der Waals surface area contributed by atoms with Crippen molar-refractivity contribution in [3.8, 4) is 0 Å². The van der Waals surface area contributed by atoms with E-state index in [1.54, 1.807) is 14.0 Å². The fraction of sp³-hybridized carbons (Fsp3) is 0.500. The van der Waals surface area contributed by atoms with Gasteiger partial charge in [-0.1, -0.05) is 0 Å². The number of anilines is 2. The second-order valence-corrected chi connectivity index (χ2v) is 4.32. The molecule has 96 valence electrons. The van der Waals surface area contributed by atoms with Gasteiger partial charge in [-0.2, -0.15) is 0 Å². The Labute approximate surface area is 101 Å². The van der Waals surface area contributed by atoms with Crippen molar-refractivity contribution in [3.05, 3.63) is 24.0 Å². The van der Waals surface area contributed by atoms with Gasteiger partial charge in [-0.15, -0.1) is 0 Å². The highest BCUT2D eigenvalue weighted by Gasteiger charge is 2.19. The fourth-order valence-electron chi connectivity index (χ4n) is 1.38. The van der Waals surface area contributed by atoms with Gasteiger partial charge in [0.1, 0.15) is 5.82 Å². The Kier molecular flexibility index (Phi) is 4.72. The van der Waals surface area contributed by atoms with Gasteiger partial charge in [-0.3, -0.25) is 0 Å². The Hall–Kier alpha value is -1.33. The third kappa shape index (κ3) is 4.58. The number of nitrogens with two attached hydrogens (primary N) is 1. The van der Waals surface area contributed by atoms with Gasteiger partial charge < -0.3 is 20.9 Å². The molecule has 4 N–H and O–H groups in total. The lowest BCUT2D eigenvalue weighted by atomic mass is 10.0. The van der Waals surface area contributed by atoms with Crippen LogP contribution in [-0.2, 0) is 4.74 Å². The van der Waals surface area contributed by atoms with Crippen molar-refractivity contribution in [1.82, 2.24) is 0 Å². The van der Waals surface area contributed by atoms with E-state index in [0.717, 1.165) is 0 Å². The monoisotopic (exact) mass is 242 g/mol. The number of aliphatic hydroxyl groups is 1. The third-order valence-corrected chi connectivity index (χ3v) is 2.52. The molecule has 17 heavy (non-hydrogen) atoms. The van der Waals surface area contributed by atoms with E-state index in [9.17, 15) is 9.50 Å². The largest absolute Gasteiger partial charge is 0.397 e. The first kappa shape index (κ1) is 13.7. The van der Waals surface area contributed by atoms with Gasteiger partial charge in [0.25, 0.3) is 0 Å². The van der Waals surface area contributed by atoms with Crippen molar-refractivity contribution in [2.24, 2.45) is 0 Å². The zero-order chi connectivity index (χ0) is 12.9. The molecule has 4 nitrogen and oxygen atoms in total. The van der Waals surface area contributed by atoms with E-state index < -0.39 is 5.60 Å². The zero-order valence-corrected chi connectivity index (χ0v) is 10.2. The van der Waals surface area contributed by atoms with Crippen molar-refractivity contribution in [3.63, 3.8) is 0 Å². The number of hydrogen-bond acceptors (Lipinski definition) is 4. The van der Waals surface area contributed by atoms with Crippen LogP contribution < -0.4 is 11.1 Å². The molecule has 0 aromatic heterocycles. The Morgan fingerprint density at radius 1 is 1.53 bits per heavy atom. The molecule has 0 spiro atoms. The van der Waals surface area contributed by atoms with Crippen LogP contribution in [0.15, 0.2) is 18.2 Å². The highest BCUT2D eigenvalue weighted by atomic mass is 19.1. The molecule has 0 amide bonds. The van der Waals surface area contributed by atoms with E-state index >= 15 is 0 Å². The highest BCUT2D eigenvalue weighted by molar-refractivity contribution is 5.65. The second kappa shape index (κ2) is 5.84. The van der Waals surface area contributed by atoms with E-state index in [0.29, 0.717) is 24.4 Å². The number of ether oxygens (including phenoxy) is 1. The molecule has 0 radical (unpaired) electrons. The number of rotatable bonds is 6. The van der Waals surface area contributed by atoms with Crippen molar-refractivity contribution in [2.75, 3.05) is 31.3 Å². The highest BCUT2D eigenvalue weighted by Crippen LogP contribution is 2.20. The predicted octanol–water partition coefficient (Wildman–Crippen LogP) is 1.61. The molecular formula is C12H19FN2O2. The molecule has 0 saturated carbocycles. The smallest absolute Gasteiger partial charge is 0.125 e. The minimum Gasteiger partial charge on any atom is -0.397 e. The van der Waals surface area contributed by atoms with Crippen LogP contribution in [0.2, 0.25) is 0 Å². The summed E-state index contributed by atoms with van der Waals surface area (Å²) >= 11 is 0. The zero-order valence-electron chi connectivity index (χ0n) is 10.2. The Morgan fingerprint density at radius 3 is 2.88 bits per heavy atom. The molecule has 0 aliphatic heterocycles. The molecule has 1 aromatic carbocycles. The van der Waals surface area contributed by atoms with Crippen LogP contribution in [0.4, 0.5) is 15.8 Å². The van der Waals surface area contributed by atoms with Crippen LogP contribution >= 0.6 is 0 Å². The molecular weight excluding hydrogens is 223 g/mol. The first-order valence-electron chi connectivity index (χ1n) is 5.45. The summed E-state index contributed by atoms with van der Waals surface area (Å²) in [6.07, 6.45) is 0.492. The second-order valence-electron chi connectivity index (χ2n) is 4.32. The summed E-state index contributed by atoms with van der Waals surface area (Å²) in [6, 6.07) is 4.09. The van der Waals surface area contributed by atoms with Gasteiger partial charge in [0.2, 0.25) is 0 Å². The van der Waals surface area contributed by atoms with Crippen molar-refractivity contribution < 1.29 is 14.2 Å². The maximum atomic E-state index is 13.0. The van der Waals surface area contributed by atoms with Gasteiger partial charge in [0, 0.05) is 26.7 Å². The average Bonchev–Trinajstić information content (AvgIpc) is 2.28. The maximum Gasteiger partial charge on any atom is 0.125 e. The van der Waals surface area contributed by atoms with Gasteiger partial charge in [-0.25, -0.2) is 4.39 Å². The maximum absolute atomic E-state index is 13.0. The summed E-state index contributed by atoms with van der Waals surface area (Å²) in [4.78, 5) is 0. The van der Waals surface area contributed by atoms with E-state index in [1.807, 2.05) is 0 Å². The summed E-state index contributed by atoms with van der Waals surface area (Å²) in [5.41, 5.74) is 5.70. The normalized spacial score (nSPS) is 14.4. The fourth-order valence-corrected chi connectivity index (χ4v) is 1.38. The van der Waals surface area contributed by atoms with Crippen molar-refractivity contribution >= 4 is 11.4 Å². The molecule has 5 heteroatoms. The lowest BCUT2D eigenvalue weighted by Gasteiger charge is -2.24. The lowest BCUT2D eigenvalue weighted by Crippen LogP contribution is -2.34. The van der Waals surface area contributed by atoms with Gasteiger partial charge in [-0.05, 0) is 25.1 Å². The Balaban J connectivity index is 2.57. The van der Waals surface area contributed by atoms with E-state index in [2.05, 4.69) is 5.32 Å². The molecule has 0 fully saturated rings. The SMILES string of the molecule is COCCC(C)(O)CNc1cc(F)ccc1N. The van der Waals surface area contributed by atoms with Crippen molar-refractivity contribution in [2.45, 2.75) is 18.9 Å². The summed E-state index contributed by atoms with van der Waals surface area (Å²) < 4.78 is 17.9. The molecule has 0 aliphatic carbocycles. The topological polar surface area (TPSA) is 67.5 Å². The van der Waals surface area contributed by atoms with E-state index in [4.69, 9.17) is 10.5 Å². The van der Waals surface area contributed by atoms with E-state index in [1.165, 1.54) is 18.2 Å². The average molecular weight is 242 g/mol. The summed E-state index contributed by atoms with van der Waals surface area (Å²) in [5, 5.41) is 12.9. The predicted molar refractivity (Wildman–Crippen MR) is 66.4 cm³/mol. The van der Waals surface area contributed by atoms with Crippen LogP contribution in [0, 0.1) is 5.82 Å². The van der Waals surface area contributed by atoms with Crippen LogP contribution in [0.25, 0.3) is 0 Å².